The summed E-state index contributed by atoms with van der Waals surface area (Å²) in [5, 5.41) is 0.334. The average molecular weight is 197 g/mol. The van der Waals surface area contributed by atoms with Crippen LogP contribution < -0.4 is 0 Å². The van der Waals surface area contributed by atoms with Crippen molar-refractivity contribution in [3.8, 4) is 0 Å². The van der Waals surface area contributed by atoms with E-state index in [0.717, 1.165) is 5.56 Å². The van der Waals surface area contributed by atoms with Crippen LogP contribution in [0.25, 0.3) is 0 Å². The zero-order valence-electron chi connectivity index (χ0n) is 7.43. The number of aldehydes is 1. The zero-order chi connectivity index (χ0) is 10.0. The molecule has 2 nitrogen and oxygen atoms in total. The molecule has 0 aromatic heterocycles. The highest BCUT2D eigenvalue weighted by atomic mass is 35.5. The average Bonchev–Trinajstić information content (AvgIpc) is 2.02. The van der Waals surface area contributed by atoms with Gasteiger partial charge in [-0.2, -0.15) is 0 Å². The molecule has 0 bridgehead atoms. The van der Waals surface area contributed by atoms with Crippen LogP contribution in [0.1, 0.15) is 33.2 Å². The lowest BCUT2D eigenvalue weighted by Crippen LogP contribution is -2.00. The fourth-order valence-electron chi connectivity index (χ4n) is 1.16. The van der Waals surface area contributed by atoms with Crippen molar-refractivity contribution in [2.24, 2.45) is 0 Å². The number of hydrogen-bond acceptors (Lipinski definition) is 2. The number of benzene rings is 1. The van der Waals surface area contributed by atoms with Crippen molar-refractivity contribution in [2.45, 2.75) is 13.8 Å². The van der Waals surface area contributed by atoms with E-state index < -0.39 is 0 Å². The van der Waals surface area contributed by atoms with Gasteiger partial charge in [0.1, 0.15) is 0 Å². The molecule has 0 atom stereocenters. The molecule has 1 aromatic rings. The predicted molar refractivity (Wildman–Crippen MR) is 51.6 cm³/mol. The molecule has 13 heavy (non-hydrogen) atoms. The van der Waals surface area contributed by atoms with Gasteiger partial charge >= 0.3 is 0 Å². The van der Waals surface area contributed by atoms with Crippen molar-refractivity contribution < 1.29 is 9.59 Å². The number of ketones is 1. The normalized spacial score (nSPS) is 9.77. The van der Waals surface area contributed by atoms with E-state index in [9.17, 15) is 9.59 Å². The molecular formula is C10H9ClO2. The Hall–Kier alpha value is -1.15. The maximum absolute atomic E-state index is 11.1. The number of carbonyl (C=O) groups is 2. The molecule has 0 radical (unpaired) electrons. The van der Waals surface area contributed by atoms with Crippen molar-refractivity contribution in [3.05, 3.63) is 33.8 Å². The third-order valence-corrected chi connectivity index (χ3v) is 2.08. The van der Waals surface area contributed by atoms with Gasteiger partial charge in [0.05, 0.1) is 5.02 Å². The topological polar surface area (TPSA) is 34.1 Å². The van der Waals surface area contributed by atoms with Gasteiger partial charge in [0, 0.05) is 11.1 Å². The predicted octanol–water partition coefficient (Wildman–Crippen LogP) is 2.66. The van der Waals surface area contributed by atoms with Crippen LogP contribution in [0, 0.1) is 6.92 Å². The fraction of sp³-hybridized carbons (Fsp3) is 0.200. The van der Waals surface area contributed by atoms with Crippen LogP contribution in [0.3, 0.4) is 0 Å². The SMILES string of the molecule is CC(=O)c1cc(C)cc(Cl)c1C=O. The van der Waals surface area contributed by atoms with E-state index in [1.807, 2.05) is 6.92 Å². The van der Waals surface area contributed by atoms with E-state index in [0.29, 0.717) is 16.9 Å². The summed E-state index contributed by atoms with van der Waals surface area (Å²) in [7, 11) is 0. The minimum absolute atomic E-state index is 0.146. The Morgan fingerprint density at radius 3 is 2.54 bits per heavy atom. The lowest BCUT2D eigenvalue weighted by Gasteiger charge is -2.04. The number of Topliss-reactive ketones (excluding diaryl/α,β-unsaturated/α-hetero) is 1. The molecule has 0 aliphatic heterocycles. The molecule has 0 saturated carbocycles. The van der Waals surface area contributed by atoms with E-state index in [1.165, 1.54) is 6.92 Å². The molecule has 0 unspecified atom stereocenters. The number of halogens is 1. The number of hydrogen-bond donors (Lipinski definition) is 0. The molecular weight excluding hydrogens is 188 g/mol. The molecule has 0 aliphatic rings. The van der Waals surface area contributed by atoms with E-state index >= 15 is 0 Å². The van der Waals surface area contributed by atoms with Crippen molar-refractivity contribution in [1.82, 2.24) is 0 Å². The molecule has 0 saturated heterocycles. The molecule has 0 fully saturated rings. The second-order valence-corrected chi connectivity index (χ2v) is 3.29. The van der Waals surface area contributed by atoms with Gasteiger partial charge in [0.2, 0.25) is 0 Å². The largest absolute Gasteiger partial charge is 0.298 e. The summed E-state index contributed by atoms with van der Waals surface area (Å²) in [6.07, 6.45) is 0.610. The van der Waals surface area contributed by atoms with Crippen molar-refractivity contribution in [3.63, 3.8) is 0 Å². The van der Waals surface area contributed by atoms with Crippen molar-refractivity contribution in [2.75, 3.05) is 0 Å². The van der Waals surface area contributed by atoms with Crippen LogP contribution in [0.4, 0.5) is 0 Å². The third kappa shape index (κ3) is 1.95. The van der Waals surface area contributed by atoms with Crippen LogP contribution in [0.5, 0.6) is 0 Å². The van der Waals surface area contributed by atoms with Crippen molar-refractivity contribution >= 4 is 23.7 Å². The summed E-state index contributed by atoms with van der Waals surface area (Å²) >= 11 is 5.80. The van der Waals surface area contributed by atoms with Gasteiger partial charge in [-0.25, -0.2) is 0 Å². The number of carbonyl (C=O) groups excluding carboxylic acids is 2. The first-order valence-electron chi connectivity index (χ1n) is 3.82. The molecule has 0 amide bonds. The Balaban J connectivity index is 3.46. The second-order valence-electron chi connectivity index (χ2n) is 2.88. The Morgan fingerprint density at radius 2 is 2.08 bits per heavy atom. The van der Waals surface area contributed by atoms with Crippen LogP contribution in [-0.2, 0) is 0 Å². The summed E-state index contributed by atoms with van der Waals surface area (Å²) in [5.74, 6) is -0.146. The van der Waals surface area contributed by atoms with Crippen LogP contribution in [0.15, 0.2) is 12.1 Å². The van der Waals surface area contributed by atoms with E-state index in [2.05, 4.69) is 0 Å². The summed E-state index contributed by atoms with van der Waals surface area (Å²) in [6.45, 7) is 3.24. The highest BCUT2D eigenvalue weighted by molar-refractivity contribution is 6.33. The van der Waals surface area contributed by atoms with Gasteiger partial charge in [-0.3, -0.25) is 9.59 Å². The monoisotopic (exact) mass is 196 g/mol. The van der Waals surface area contributed by atoms with Gasteiger partial charge in [-0.05, 0) is 31.5 Å². The molecule has 68 valence electrons. The highest BCUT2D eigenvalue weighted by Crippen LogP contribution is 2.21. The molecule has 0 N–H and O–H groups in total. The van der Waals surface area contributed by atoms with Crippen LogP contribution in [-0.4, -0.2) is 12.1 Å². The first-order chi connectivity index (χ1) is 6.06. The number of rotatable bonds is 2. The summed E-state index contributed by atoms with van der Waals surface area (Å²) in [6, 6.07) is 3.33. The first-order valence-corrected chi connectivity index (χ1v) is 4.20. The molecule has 3 heteroatoms. The van der Waals surface area contributed by atoms with Crippen LogP contribution in [0.2, 0.25) is 5.02 Å². The first kappa shape index (κ1) is 9.93. The van der Waals surface area contributed by atoms with Gasteiger partial charge in [0.15, 0.2) is 12.1 Å². The molecule has 0 spiro atoms. The fourth-order valence-corrected chi connectivity index (χ4v) is 1.48. The molecule has 1 rings (SSSR count). The van der Waals surface area contributed by atoms with E-state index in [-0.39, 0.29) is 11.3 Å². The summed E-state index contributed by atoms with van der Waals surface area (Å²) in [4.78, 5) is 21.7. The van der Waals surface area contributed by atoms with Crippen LogP contribution >= 0.6 is 11.6 Å². The Kier molecular flexibility index (Phi) is 2.83. The van der Waals surface area contributed by atoms with Gasteiger partial charge < -0.3 is 0 Å². The molecule has 0 aliphatic carbocycles. The van der Waals surface area contributed by atoms with E-state index in [1.54, 1.807) is 12.1 Å². The smallest absolute Gasteiger partial charge is 0.160 e. The quantitative estimate of drug-likeness (QED) is 0.538. The molecule has 1 aromatic carbocycles. The Labute approximate surface area is 81.5 Å². The lowest BCUT2D eigenvalue weighted by molar-refractivity contribution is 0.100. The maximum Gasteiger partial charge on any atom is 0.160 e. The standard InChI is InChI=1S/C10H9ClO2/c1-6-3-8(7(2)13)9(5-12)10(11)4-6/h3-5H,1-2H3. The van der Waals surface area contributed by atoms with Crippen molar-refractivity contribution in [1.29, 1.82) is 0 Å². The Bertz CT molecular complexity index is 369. The summed E-state index contributed by atoms with van der Waals surface area (Å²) in [5.41, 5.74) is 1.54. The second kappa shape index (κ2) is 3.71. The Morgan fingerprint density at radius 1 is 1.46 bits per heavy atom. The zero-order valence-corrected chi connectivity index (χ0v) is 8.18. The number of aryl methyl sites for hydroxylation is 1. The van der Waals surface area contributed by atoms with E-state index in [4.69, 9.17) is 11.6 Å². The van der Waals surface area contributed by atoms with Gasteiger partial charge in [-0.1, -0.05) is 11.6 Å². The lowest BCUT2D eigenvalue weighted by atomic mass is 10.0. The summed E-state index contributed by atoms with van der Waals surface area (Å²) < 4.78 is 0. The minimum Gasteiger partial charge on any atom is -0.298 e. The third-order valence-electron chi connectivity index (χ3n) is 1.77. The van der Waals surface area contributed by atoms with Gasteiger partial charge in [-0.15, -0.1) is 0 Å². The maximum atomic E-state index is 11.1. The minimum atomic E-state index is -0.146. The molecule has 0 heterocycles. The van der Waals surface area contributed by atoms with Gasteiger partial charge in [0.25, 0.3) is 0 Å². The highest BCUT2D eigenvalue weighted by Gasteiger charge is 2.10.